The number of carboxylic acids is 1. The summed E-state index contributed by atoms with van der Waals surface area (Å²) in [6.45, 7) is 3.89. The third-order valence-corrected chi connectivity index (χ3v) is 5.36. The van der Waals surface area contributed by atoms with E-state index in [-0.39, 0.29) is 17.4 Å². The largest absolute Gasteiger partial charge is 0.480 e. The topological polar surface area (TPSA) is 60.9 Å². The van der Waals surface area contributed by atoms with Crippen LogP contribution in [0.25, 0.3) is 0 Å². The number of nitrogens with zero attached hydrogens (tertiary/aromatic N) is 2. The van der Waals surface area contributed by atoms with Crippen LogP contribution in [0.4, 0.5) is 10.5 Å². The summed E-state index contributed by atoms with van der Waals surface area (Å²) in [7, 11) is 0. The number of urea groups is 1. The molecule has 3 rings (SSSR count). The average molecular weight is 306 g/mol. The Morgan fingerprint density at radius 3 is 2.71 bits per heavy atom. The fourth-order valence-corrected chi connectivity index (χ4v) is 4.27. The van der Waals surface area contributed by atoms with Crippen molar-refractivity contribution in [2.45, 2.75) is 37.7 Å². The Morgan fingerprint density at radius 2 is 2.00 bits per heavy atom. The number of amides is 2. The molecular weight excluding hydrogens is 288 g/mol. The summed E-state index contributed by atoms with van der Waals surface area (Å²) in [5.41, 5.74) is 2.05. The lowest BCUT2D eigenvalue weighted by atomic mass is 10.1. The van der Waals surface area contributed by atoms with Crippen LogP contribution in [-0.4, -0.2) is 45.2 Å². The van der Waals surface area contributed by atoms with Crippen molar-refractivity contribution in [3.05, 3.63) is 29.8 Å². The van der Waals surface area contributed by atoms with Gasteiger partial charge in [-0.3, -0.25) is 9.80 Å². The zero-order valence-electron chi connectivity index (χ0n) is 12.0. The zero-order valence-corrected chi connectivity index (χ0v) is 12.8. The minimum Gasteiger partial charge on any atom is -0.480 e. The number of anilines is 1. The van der Waals surface area contributed by atoms with E-state index in [1.807, 2.05) is 38.1 Å². The third-order valence-electron chi connectivity index (χ3n) is 4.14. The van der Waals surface area contributed by atoms with Gasteiger partial charge in [-0.25, -0.2) is 9.59 Å². The van der Waals surface area contributed by atoms with Gasteiger partial charge in [-0.1, -0.05) is 18.2 Å². The van der Waals surface area contributed by atoms with Crippen molar-refractivity contribution in [2.24, 2.45) is 0 Å². The van der Waals surface area contributed by atoms with Crippen molar-refractivity contribution in [3.63, 3.8) is 0 Å². The summed E-state index contributed by atoms with van der Waals surface area (Å²) < 4.78 is 0. The van der Waals surface area contributed by atoms with Crippen LogP contribution in [0.1, 0.15) is 19.4 Å². The number of aliphatic carboxylic acids is 1. The molecule has 2 aliphatic rings. The molecule has 1 saturated heterocycles. The smallest absolute Gasteiger partial charge is 0.327 e. The highest BCUT2D eigenvalue weighted by Crippen LogP contribution is 2.36. The number of carbonyl (C=O) groups excluding carboxylic acids is 1. The lowest BCUT2D eigenvalue weighted by Crippen LogP contribution is -2.52. The third kappa shape index (κ3) is 2.27. The lowest BCUT2D eigenvalue weighted by Gasteiger charge is -2.32. The fraction of sp³-hybridized carbons (Fsp3) is 0.467. The van der Waals surface area contributed by atoms with Crippen molar-refractivity contribution in [3.8, 4) is 0 Å². The highest BCUT2D eigenvalue weighted by Gasteiger charge is 2.44. The van der Waals surface area contributed by atoms with Gasteiger partial charge >= 0.3 is 12.0 Å². The quantitative estimate of drug-likeness (QED) is 0.865. The first-order chi connectivity index (χ1) is 10.0. The molecule has 0 aromatic heterocycles. The maximum atomic E-state index is 12.9. The second-order valence-corrected chi connectivity index (χ2v) is 6.88. The van der Waals surface area contributed by atoms with Crippen LogP contribution in [0.3, 0.4) is 0 Å². The molecule has 2 aliphatic heterocycles. The van der Waals surface area contributed by atoms with Crippen LogP contribution in [-0.2, 0) is 11.2 Å². The molecule has 2 amide bonds. The highest BCUT2D eigenvalue weighted by atomic mass is 32.2. The number of para-hydroxylation sites is 1. The Hall–Kier alpha value is -1.69. The van der Waals surface area contributed by atoms with Gasteiger partial charge in [-0.05, 0) is 31.9 Å². The van der Waals surface area contributed by atoms with E-state index in [0.717, 1.165) is 17.7 Å². The number of carbonyl (C=O) groups is 2. The minimum absolute atomic E-state index is 0.0575. The summed E-state index contributed by atoms with van der Waals surface area (Å²) in [5, 5.41) is 9.22. The summed E-state index contributed by atoms with van der Waals surface area (Å²) in [4.78, 5) is 27.5. The molecule has 2 heterocycles. The number of hydrogen-bond donors (Lipinski definition) is 1. The number of hydrogen-bond acceptors (Lipinski definition) is 3. The van der Waals surface area contributed by atoms with Crippen LogP contribution in [0.5, 0.6) is 0 Å². The molecule has 1 fully saturated rings. The van der Waals surface area contributed by atoms with Gasteiger partial charge in [0, 0.05) is 17.5 Å². The normalized spacial score (nSPS) is 27.8. The number of fused-ring (bicyclic) bond motifs is 1. The molecule has 1 aromatic rings. The second kappa shape index (κ2) is 5.26. The predicted octanol–water partition coefficient (Wildman–Crippen LogP) is 2.41. The van der Waals surface area contributed by atoms with Gasteiger partial charge in [0.15, 0.2) is 0 Å². The van der Waals surface area contributed by atoms with E-state index in [2.05, 4.69) is 0 Å². The van der Waals surface area contributed by atoms with E-state index in [0.29, 0.717) is 5.75 Å². The molecular formula is C15H18N2O3S. The molecule has 1 N–H and O–H groups in total. The second-order valence-electron chi connectivity index (χ2n) is 5.53. The maximum Gasteiger partial charge on any atom is 0.327 e. The molecule has 112 valence electrons. The van der Waals surface area contributed by atoms with Gasteiger partial charge in [0.05, 0.1) is 5.37 Å². The van der Waals surface area contributed by atoms with Crippen LogP contribution >= 0.6 is 11.8 Å². The van der Waals surface area contributed by atoms with Gasteiger partial charge in [-0.2, -0.15) is 0 Å². The van der Waals surface area contributed by atoms with E-state index >= 15 is 0 Å². The van der Waals surface area contributed by atoms with Gasteiger partial charge < -0.3 is 5.11 Å². The molecule has 6 heteroatoms. The molecule has 3 atom stereocenters. The molecule has 0 aliphatic carbocycles. The van der Waals surface area contributed by atoms with Gasteiger partial charge in [-0.15, -0.1) is 11.8 Å². The molecule has 1 aromatic carbocycles. The van der Waals surface area contributed by atoms with Gasteiger partial charge in [0.1, 0.15) is 6.04 Å². The fourth-order valence-electron chi connectivity index (χ4n) is 3.10. The Morgan fingerprint density at radius 1 is 1.29 bits per heavy atom. The Labute approximate surface area is 127 Å². The first-order valence-electron chi connectivity index (χ1n) is 7.04. The highest BCUT2D eigenvalue weighted by molar-refractivity contribution is 8.00. The lowest BCUT2D eigenvalue weighted by molar-refractivity contribution is -0.141. The van der Waals surface area contributed by atoms with Crippen molar-refractivity contribution < 1.29 is 14.7 Å². The summed E-state index contributed by atoms with van der Waals surface area (Å²) >= 11 is 1.51. The van der Waals surface area contributed by atoms with Crippen LogP contribution in [0, 0.1) is 0 Å². The van der Waals surface area contributed by atoms with Crippen molar-refractivity contribution in [1.29, 1.82) is 0 Å². The van der Waals surface area contributed by atoms with Crippen LogP contribution in [0.2, 0.25) is 0 Å². The Bertz CT molecular complexity index is 592. The van der Waals surface area contributed by atoms with Crippen molar-refractivity contribution >= 4 is 29.4 Å². The first-order valence-corrected chi connectivity index (χ1v) is 8.09. The first kappa shape index (κ1) is 14.3. The summed E-state index contributed by atoms with van der Waals surface area (Å²) in [5.74, 6) is -0.480. The van der Waals surface area contributed by atoms with E-state index in [4.69, 9.17) is 0 Å². The number of benzene rings is 1. The molecule has 0 radical (unpaired) electrons. The van der Waals surface area contributed by atoms with Crippen LogP contribution in [0.15, 0.2) is 24.3 Å². The summed E-state index contributed by atoms with van der Waals surface area (Å²) in [6.07, 6.45) is 0.814. The van der Waals surface area contributed by atoms with E-state index in [1.165, 1.54) is 16.7 Å². The Balaban J connectivity index is 1.93. The van der Waals surface area contributed by atoms with Gasteiger partial charge in [0.2, 0.25) is 0 Å². The Kier molecular flexibility index (Phi) is 3.57. The van der Waals surface area contributed by atoms with E-state index in [1.54, 1.807) is 4.90 Å². The average Bonchev–Trinajstić information content (AvgIpc) is 2.97. The maximum absolute atomic E-state index is 12.9. The number of carboxylic acid groups (broad SMARTS) is 1. The molecule has 21 heavy (non-hydrogen) atoms. The van der Waals surface area contributed by atoms with Crippen molar-refractivity contribution in [1.82, 2.24) is 4.90 Å². The zero-order chi connectivity index (χ0) is 15.1. The monoisotopic (exact) mass is 306 g/mol. The molecule has 0 spiro atoms. The van der Waals surface area contributed by atoms with Gasteiger partial charge in [0.25, 0.3) is 0 Å². The van der Waals surface area contributed by atoms with E-state index < -0.39 is 12.0 Å². The number of rotatable bonds is 1. The molecule has 0 saturated carbocycles. The predicted molar refractivity (Wildman–Crippen MR) is 82.7 cm³/mol. The van der Waals surface area contributed by atoms with Crippen LogP contribution < -0.4 is 4.90 Å². The van der Waals surface area contributed by atoms with E-state index in [9.17, 15) is 14.7 Å². The summed E-state index contributed by atoms with van der Waals surface area (Å²) in [6, 6.07) is 6.95. The molecule has 3 unspecified atom stereocenters. The van der Waals surface area contributed by atoms with Crippen molar-refractivity contribution in [2.75, 3.05) is 10.7 Å². The SMILES string of the molecule is CC1Cc2ccccc2N1C(=O)N1C(C)SCC1C(=O)O. The number of thioether (sulfide) groups is 1. The minimum atomic E-state index is -0.930. The molecule has 5 nitrogen and oxygen atoms in total. The standard InChI is InChI=1S/C15H18N2O3S/c1-9-7-11-5-3-4-6-12(11)16(9)15(20)17-10(2)21-8-13(17)14(18)19/h3-6,9-10,13H,7-8H2,1-2H3,(H,18,19). The molecule has 0 bridgehead atoms.